The van der Waals surface area contributed by atoms with Gasteiger partial charge in [-0.2, -0.15) is 4.37 Å². The summed E-state index contributed by atoms with van der Waals surface area (Å²) < 4.78 is 138. The van der Waals surface area contributed by atoms with Gasteiger partial charge in [0.2, 0.25) is 5.76 Å². The monoisotopic (exact) mass is 1560 g/mol. The second-order valence-electron chi connectivity index (χ2n) is 26.1. The van der Waals surface area contributed by atoms with Crippen LogP contribution in [0, 0.1) is 74.2 Å². The van der Waals surface area contributed by atoms with E-state index in [1.807, 2.05) is 55.3 Å². The van der Waals surface area contributed by atoms with Crippen LogP contribution in [0.4, 0.5) is 77.1 Å². The summed E-state index contributed by atoms with van der Waals surface area (Å²) in [6, 6.07) is 9.23. The minimum absolute atomic E-state index is 0.123. The van der Waals surface area contributed by atoms with Crippen molar-refractivity contribution in [2.24, 2.45) is 0 Å². The van der Waals surface area contributed by atoms with Gasteiger partial charge in [0.1, 0.15) is 11.4 Å². The average Bonchev–Trinajstić information content (AvgIpc) is 1.64. The standard InChI is InChI=1S/4C18H16F2N4O2S/c1-9-3-12(5-14(19)16(9)20)22-18(25)24-7-13-15(4-10(24)2)23-26-17(13)11-6-21-27-8-11;1-9-3-11(5-13(19)16(9)20)22-18(25)24-6-12-14(4-10(24)2)23-26-17(12)15-7-27-8-21-15;1-9-5-11(7-13(19)15(9)20)22-18(25)24-8-12-14(6-10(24)2)23-26-16(12)17-21-3-4-27-17;1-9-5-11(7-13(19)16(9)20)21-18(25)24-8-12-15(6-10(24)2)22-26-17(12)14-3-4-27-23-14/h3,5-6,8,10H,4,7H2,1-2H3,(H,22,25);3,5,7-8,10H,4,6H2,1-2H3,(H,22,25);3-5,7,10H,6,8H2,1-2H3,(H,22,25);3-5,7,10H,6,8H2,1-2H3,(H,21,25)/t4*10-/m0000/s1. The zero-order valence-corrected chi connectivity index (χ0v) is 61.8. The maximum Gasteiger partial charge on any atom is 0.322 e. The summed E-state index contributed by atoms with van der Waals surface area (Å²) >= 11 is 5.48. The maximum atomic E-state index is 13.6. The van der Waals surface area contributed by atoms with Crippen LogP contribution in [0.3, 0.4) is 0 Å². The predicted octanol–water partition coefficient (Wildman–Crippen LogP) is 17.5. The number of aryl methyl sites for hydroxylation is 4. The fraction of sp³-hybridized carbons (Fsp3) is 0.278. The Balaban J connectivity index is 0.000000127. The average molecular weight is 1560 g/mol. The molecule has 4 N–H and O–H groups in total. The normalized spacial score (nSPS) is 16.3. The molecule has 4 aromatic carbocycles. The van der Waals surface area contributed by atoms with Gasteiger partial charge in [-0.1, -0.05) is 20.6 Å². The number of aromatic nitrogens is 8. The molecule has 4 atom stereocenters. The van der Waals surface area contributed by atoms with Crippen molar-refractivity contribution >= 4 is 92.6 Å². The van der Waals surface area contributed by atoms with E-state index in [0.717, 1.165) is 74.9 Å². The summed E-state index contributed by atoms with van der Waals surface area (Å²) in [5, 5.41) is 35.1. The summed E-state index contributed by atoms with van der Waals surface area (Å²) in [4.78, 5) is 66.0. The number of thiazole rings is 2. The van der Waals surface area contributed by atoms with Crippen molar-refractivity contribution in [2.45, 2.75) is 131 Å². The van der Waals surface area contributed by atoms with E-state index in [9.17, 15) is 54.3 Å². The molecule has 8 amide bonds. The second-order valence-corrected chi connectivity index (χ2v) is 29.0. The Morgan fingerprint density at radius 2 is 0.806 bits per heavy atom. The van der Waals surface area contributed by atoms with E-state index in [4.69, 9.17) is 18.1 Å². The molecular weight excluding hydrogens is 1500 g/mol. The molecule has 4 aliphatic rings. The molecule has 0 spiro atoms. The predicted molar refractivity (Wildman–Crippen MR) is 386 cm³/mol. The molecule has 0 saturated carbocycles. The van der Waals surface area contributed by atoms with E-state index in [1.54, 1.807) is 37.5 Å². The van der Waals surface area contributed by atoms with Gasteiger partial charge in [0.05, 0.1) is 66.2 Å². The first kappa shape index (κ1) is 75.0. The van der Waals surface area contributed by atoms with Gasteiger partial charge in [-0.05, 0) is 131 Å². The Morgan fingerprint density at radius 1 is 0.444 bits per heavy atom. The van der Waals surface area contributed by atoms with Crippen LogP contribution in [-0.2, 0) is 51.9 Å². The molecule has 36 heteroatoms. The fourth-order valence-electron chi connectivity index (χ4n) is 12.7. The number of halogens is 8. The van der Waals surface area contributed by atoms with Gasteiger partial charge < -0.3 is 59.0 Å². The van der Waals surface area contributed by atoms with E-state index in [-0.39, 0.29) is 69.2 Å². The maximum absolute atomic E-state index is 13.6. The number of hydrogen-bond acceptors (Lipinski definition) is 20. The lowest BCUT2D eigenvalue weighted by Gasteiger charge is -2.32. The number of fused-ring (bicyclic) bond motifs is 4. The quantitative estimate of drug-likeness (QED) is 0.103. The number of rotatable bonds is 8. The Bertz CT molecular complexity index is 4570. The van der Waals surface area contributed by atoms with Gasteiger partial charge >= 0.3 is 24.1 Å². The van der Waals surface area contributed by atoms with Crippen LogP contribution in [0.1, 0.15) is 95.0 Å². The Labute approximate surface area is 626 Å². The summed E-state index contributed by atoms with van der Waals surface area (Å²) in [5.41, 5.74) is 11.7. The molecular formula is C72H64F8N16O8S4. The molecule has 0 aliphatic carbocycles. The molecule has 560 valence electrons. The minimum atomic E-state index is -0.996. The molecule has 16 rings (SSSR count). The van der Waals surface area contributed by atoms with Crippen molar-refractivity contribution < 1.29 is 72.4 Å². The van der Waals surface area contributed by atoms with E-state index < -0.39 is 70.7 Å². The number of nitrogens with zero attached hydrogens (tertiary/aromatic N) is 12. The molecule has 0 radical (unpaired) electrons. The van der Waals surface area contributed by atoms with Crippen molar-refractivity contribution in [3.63, 3.8) is 0 Å². The van der Waals surface area contributed by atoms with Gasteiger partial charge in [-0.3, -0.25) is 0 Å². The van der Waals surface area contributed by atoms with Gasteiger partial charge in [0.25, 0.3) is 0 Å². The number of carbonyl (C=O) groups is 4. The summed E-state index contributed by atoms with van der Waals surface area (Å²) in [6.07, 6.45) is 5.52. The van der Waals surface area contributed by atoms with Crippen LogP contribution in [-0.4, -0.2) is 107 Å². The lowest BCUT2D eigenvalue weighted by atomic mass is 9.99. The van der Waals surface area contributed by atoms with Crippen molar-refractivity contribution in [3.05, 3.63) is 208 Å². The summed E-state index contributed by atoms with van der Waals surface area (Å²) in [6.45, 7) is 14.6. The second kappa shape index (κ2) is 31.7. The third kappa shape index (κ3) is 15.9. The topological polar surface area (TPSA) is 285 Å². The highest BCUT2D eigenvalue weighted by Crippen LogP contribution is 2.39. The Kier molecular flexibility index (Phi) is 22.0. The first-order valence-corrected chi connectivity index (χ1v) is 36.9. The zero-order valence-electron chi connectivity index (χ0n) is 58.5. The van der Waals surface area contributed by atoms with Crippen LogP contribution in [0.5, 0.6) is 0 Å². The van der Waals surface area contributed by atoms with E-state index in [2.05, 4.69) is 60.6 Å². The first-order chi connectivity index (χ1) is 51.7. The highest BCUT2D eigenvalue weighted by atomic mass is 32.1. The number of hydrogen-bond donors (Lipinski definition) is 4. The SMILES string of the molecule is Cc1cc(NC(=O)N2Cc3c(noc3-c3ccsn3)C[C@@H]2C)cc(F)c1F.Cc1cc(NC(=O)N2Cc3c(noc3-c3cnsc3)C[C@@H]2C)cc(F)c1F.Cc1cc(NC(=O)N2Cc3c(noc3-c3cscn3)C[C@@H]2C)cc(F)c1F.Cc1cc(NC(=O)N2Cc3c(noc3-c3nccs3)C[C@@H]2C)cc(F)c1F. The van der Waals surface area contributed by atoms with Crippen molar-refractivity contribution in [3.8, 4) is 45.0 Å². The number of carbonyl (C=O) groups excluding carboxylic acids is 4. The summed E-state index contributed by atoms with van der Waals surface area (Å²) in [5.74, 6) is -5.37. The van der Waals surface area contributed by atoms with Crippen molar-refractivity contribution in [1.29, 1.82) is 0 Å². The fourth-order valence-corrected chi connectivity index (χ4v) is 14.9. The third-order valence-corrected chi connectivity index (χ3v) is 20.9. The molecule has 8 aromatic heterocycles. The highest BCUT2D eigenvalue weighted by Gasteiger charge is 2.38. The van der Waals surface area contributed by atoms with Crippen LogP contribution in [0.2, 0.25) is 0 Å². The van der Waals surface area contributed by atoms with Crippen molar-refractivity contribution in [2.75, 3.05) is 21.3 Å². The Morgan fingerprint density at radius 3 is 1.13 bits per heavy atom. The molecule has 24 nitrogen and oxygen atoms in total. The first-order valence-electron chi connectivity index (χ1n) is 33.4. The van der Waals surface area contributed by atoms with E-state index in [0.29, 0.717) is 91.3 Å². The number of benzene rings is 4. The molecule has 0 fully saturated rings. The molecule has 108 heavy (non-hydrogen) atoms. The van der Waals surface area contributed by atoms with Crippen molar-refractivity contribution in [1.82, 2.24) is 58.9 Å². The molecule has 12 aromatic rings. The number of urea groups is 4. The number of amides is 8. The Hall–Kier alpha value is -11.2. The molecule has 0 unspecified atom stereocenters. The number of anilines is 4. The van der Waals surface area contributed by atoms with E-state index >= 15 is 0 Å². The summed E-state index contributed by atoms with van der Waals surface area (Å²) in [7, 11) is 0. The molecule has 0 saturated heterocycles. The molecule has 12 heterocycles. The highest BCUT2D eigenvalue weighted by molar-refractivity contribution is 7.13. The third-order valence-electron chi connectivity index (χ3n) is 18.4. The number of nitrogens with one attached hydrogen (secondary N) is 4. The van der Waals surface area contributed by atoms with E-state index in [1.165, 1.54) is 97.7 Å². The van der Waals surface area contributed by atoms with Gasteiger partial charge in [-0.15, -0.1) is 22.7 Å². The minimum Gasteiger partial charge on any atom is -0.356 e. The van der Waals surface area contributed by atoms with Crippen LogP contribution in [0.15, 0.2) is 112 Å². The largest absolute Gasteiger partial charge is 0.356 e. The zero-order chi connectivity index (χ0) is 76.5. The van der Waals surface area contributed by atoms with Crippen LogP contribution in [0.25, 0.3) is 45.0 Å². The van der Waals surface area contributed by atoms with Crippen LogP contribution < -0.4 is 21.3 Å². The van der Waals surface area contributed by atoms with Gasteiger partial charge in [0.15, 0.2) is 68.8 Å². The smallest absolute Gasteiger partial charge is 0.322 e. The van der Waals surface area contributed by atoms with Gasteiger partial charge in [-0.25, -0.2) is 68.6 Å². The molecule has 4 aliphatic heterocycles. The van der Waals surface area contributed by atoms with Gasteiger partial charge in [0, 0.05) is 147 Å². The molecule has 0 bridgehead atoms. The van der Waals surface area contributed by atoms with Crippen LogP contribution >= 0.6 is 45.7 Å². The lowest BCUT2D eigenvalue weighted by molar-refractivity contribution is 0.181. The lowest BCUT2D eigenvalue weighted by Crippen LogP contribution is -2.44.